The summed E-state index contributed by atoms with van der Waals surface area (Å²) in [7, 11) is 0. The minimum absolute atomic E-state index is 0.0123. The third-order valence-corrected chi connectivity index (χ3v) is 9.50. The Bertz CT molecular complexity index is 1430. The summed E-state index contributed by atoms with van der Waals surface area (Å²) in [6.07, 6.45) is 6.16. The number of pyridine rings is 2. The maximum Gasteiger partial charge on any atom is 0.146 e. The molecular weight excluding hydrogens is 532 g/mol. The van der Waals surface area contributed by atoms with Gasteiger partial charge in [0, 0.05) is 55.9 Å². The second kappa shape index (κ2) is 12.0. The van der Waals surface area contributed by atoms with Gasteiger partial charge in [-0.1, -0.05) is 43.1 Å². The number of para-hydroxylation sites is 1. The number of nitrogens with zero attached hydrogens (tertiary/aromatic N) is 5. The van der Waals surface area contributed by atoms with Crippen molar-refractivity contribution in [2.45, 2.75) is 57.5 Å². The van der Waals surface area contributed by atoms with Gasteiger partial charge in [0.25, 0.3) is 0 Å². The van der Waals surface area contributed by atoms with Gasteiger partial charge < -0.3 is 15.0 Å². The Morgan fingerprint density at radius 1 is 1.22 bits per heavy atom. The van der Waals surface area contributed by atoms with E-state index < -0.39 is 0 Å². The molecule has 7 nitrogen and oxygen atoms in total. The highest BCUT2D eigenvalue weighted by molar-refractivity contribution is 6.30. The average molecular weight is 571 g/mol. The van der Waals surface area contributed by atoms with Gasteiger partial charge in [-0.2, -0.15) is 5.26 Å². The highest BCUT2D eigenvalue weighted by atomic mass is 35.5. The van der Waals surface area contributed by atoms with Gasteiger partial charge >= 0.3 is 0 Å². The number of ether oxygens (including phenoxy) is 1. The van der Waals surface area contributed by atoms with Crippen molar-refractivity contribution in [1.82, 2.24) is 20.2 Å². The van der Waals surface area contributed by atoms with Gasteiger partial charge in [0.1, 0.15) is 17.6 Å². The summed E-state index contributed by atoms with van der Waals surface area (Å²) >= 11 is 6.18. The molecule has 3 aliphatic rings. The van der Waals surface area contributed by atoms with Crippen LogP contribution < -0.4 is 15.0 Å². The summed E-state index contributed by atoms with van der Waals surface area (Å²) in [6, 6.07) is 17.3. The predicted octanol–water partition coefficient (Wildman–Crippen LogP) is 5.81. The van der Waals surface area contributed by atoms with Crippen LogP contribution in [0.3, 0.4) is 0 Å². The largest absolute Gasteiger partial charge is 0.493 e. The van der Waals surface area contributed by atoms with E-state index in [4.69, 9.17) is 21.3 Å². The maximum atomic E-state index is 9.81. The van der Waals surface area contributed by atoms with Crippen molar-refractivity contribution >= 4 is 17.4 Å². The first-order valence-electron chi connectivity index (χ1n) is 15.0. The van der Waals surface area contributed by atoms with Gasteiger partial charge in [-0.3, -0.25) is 9.88 Å². The number of aromatic nitrogens is 2. The first-order valence-corrected chi connectivity index (χ1v) is 15.4. The van der Waals surface area contributed by atoms with Gasteiger partial charge in [-0.05, 0) is 68.5 Å². The van der Waals surface area contributed by atoms with Gasteiger partial charge in [-0.25, -0.2) is 4.98 Å². The minimum Gasteiger partial charge on any atom is -0.493 e. The highest BCUT2D eigenvalue weighted by Gasteiger charge is 2.49. The Kier molecular flexibility index (Phi) is 8.16. The van der Waals surface area contributed by atoms with Crippen molar-refractivity contribution < 1.29 is 4.74 Å². The number of piperidine rings is 1. The van der Waals surface area contributed by atoms with Crippen molar-refractivity contribution in [2.24, 2.45) is 5.92 Å². The zero-order valence-corrected chi connectivity index (χ0v) is 24.8. The molecule has 2 saturated heterocycles. The summed E-state index contributed by atoms with van der Waals surface area (Å²) < 4.78 is 5.97. The van der Waals surface area contributed by atoms with Crippen molar-refractivity contribution in [3.05, 3.63) is 70.5 Å². The number of hydrogen-bond donors (Lipinski definition) is 1. The number of fused-ring (bicyclic) bond motifs is 2. The summed E-state index contributed by atoms with van der Waals surface area (Å²) in [5.74, 6) is 2.01. The molecule has 0 saturated carbocycles. The molecule has 2 fully saturated rings. The molecule has 2 aromatic heterocycles. The number of anilines is 1. The molecule has 0 radical (unpaired) electrons. The quantitative estimate of drug-likeness (QED) is 0.384. The summed E-state index contributed by atoms with van der Waals surface area (Å²) in [4.78, 5) is 14.9. The van der Waals surface area contributed by atoms with E-state index >= 15 is 0 Å². The van der Waals surface area contributed by atoms with Gasteiger partial charge in [-0.15, -0.1) is 0 Å². The van der Waals surface area contributed by atoms with Crippen LogP contribution in [-0.2, 0) is 12.0 Å². The lowest BCUT2D eigenvalue weighted by atomic mass is 9.62. The molecule has 3 aliphatic heterocycles. The van der Waals surface area contributed by atoms with Crippen LogP contribution in [0.1, 0.15) is 56.4 Å². The van der Waals surface area contributed by atoms with Gasteiger partial charge in [0.15, 0.2) is 0 Å². The van der Waals surface area contributed by atoms with E-state index in [2.05, 4.69) is 57.4 Å². The van der Waals surface area contributed by atoms with Crippen LogP contribution in [0.25, 0.3) is 11.3 Å². The third-order valence-electron chi connectivity index (χ3n) is 9.29. The summed E-state index contributed by atoms with van der Waals surface area (Å²) in [5.41, 5.74) is 5.12. The van der Waals surface area contributed by atoms with Crippen molar-refractivity contribution in [3.8, 4) is 23.1 Å². The van der Waals surface area contributed by atoms with Crippen LogP contribution in [0.15, 0.2) is 48.7 Å². The number of benzene rings is 1. The number of halogens is 1. The molecule has 1 aromatic carbocycles. The van der Waals surface area contributed by atoms with E-state index in [0.717, 1.165) is 74.9 Å². The van der Waals surface area contributed by atoms with Crippen LogP contribution >= 0.6 is 11.6 Å². The average Bonchev–Trinajstić information content (AvgIpc) is 3.50. The smallest absolute Gasteiger partial charge is 0.146 e. The number of hydrogen-bond acceptors (Lipinski definition) is 7. The van der Waals surface area contributed by atoms with Crippen LogP contribution in [0.5, 0.6) is 5.75 Å². The number of nitriles is 1. The van der Waals surface area contributed by atoms with Crippen molar-refractivity contribution in [2.75, 3.05) is 44.2 Å². The first-order chi connectivity index (χ1) is 20.0. The zero-order chi connectivity index (χ0) is 28.4. The SMILES string of the molecule is CCOc1ccccc1-c1ccc2c(n1)CN(C[C@H]1CCCN1)C[C@@]21CCN(c2ncc(Cl)cc2C#N)C[C@@H]1CC. The maximum absolute atomic E-state index is 9.81. The lowest BCUT2D eigenvalue weighted by molar-refractivity contribution is 0.0966. The molecule has 8 heteroatoms. The molecule has 0 unspecified atom stereocenters. The molecule has 6 rings (SSSR count). The molecule has 0 bridgehead atoms. The fraction of sp³-hybridized carbons (Fsp3) is 0.485. The molecule has 3 aromatic rings. The summed E-state index contributed by atoms with van der Waals surface area (Å²) in [6.45, 7) is 10.7. The Labute approximate surface area is 248 Å². The fourth-order valence-electron chi connectivity index (χ4n) is 7.40. The molecule has 214 valence electrons. The normalized spacial score (nSPS) is 24.3. The second-order valence-corrected chi connectivity index (χ2v) is 12.1. The molecular formula is C33H39ClN6O. The van der Waals surface area contributed by atoms with Crippen molar-refractivity contribution in [1.29, 1.82) is 5.26 Å². The highest BCUT2D eigenvalue weighted by Crippen LogP contribution is 2.47. The van der Waals surface area contributed by atoms with E-state index in [1.54, 1.807) is 12.3 Å². The zero-order valence-electron chi connectivity index (χ0n) is 24.1. The molecule has 5 heterocycles. The Morgan fingerprint density at radius 3 is 2.88 bits per heavy atom. The van der Waals surface area contributed by atoms with E-state index in [1.807, 2.05) is 19.1 Å². The van der Waals surface area contributed by atoms with Crippen LogP contribution in [0.2, 0.25) is 5.02 Å². The Morgan fingerprint density at radius 2 is 2.10 bits per heavy atom. The lowest BCUT2D eigenvalue weighted by Crippen LogP contribution is -2.58. The van der Waals surface area contributed by atoms with E-state index in [0.29, 0.717) is 29.2 Å². The molecule has 1 N–H and O–H groups in total. The van der Waals surface area contributed by atoms with Crippen LogP contribution in [0, 0.1) is 17.2 Å². The topological polar surface area (TPSA) is 77.3 Å². The Balaban J connectivity index is 1.38. The standard InChI is InChI=1S/C33H39ClN6O/c1-3-24-19-40(32-23(17-35)16-25(34)18-37-32)15-13-33(24)22-39(20-26-8-7-14-36-26)21-30-28(33)11-12-29(38-30)27-9-5-6-10-31(27)41-4-2/h5-6,9-12,16,18,24,26,36H,3-4,7-8,13-15,19-22H2,1-2H3/t24-,26+,33+/m0/s1. The monoisotopic (exact) mass is 570 g/mol. The molecule has 1 spiro atoms. The van der Waals surface area contributed by atoms with E-state index in [-0.39, 0.29) is 5.41 Å². The minimum atomic E-state index is -0.0123. The number of nitrogens with one attached hydrogen (secondary N) is 1. The van der Waals surface area contributed by atoms with Gasteiger partial charge in [0.2, 0.25) is 0 Å². The fourth-order valence-corrected chi connectivity index (χ4v) is 7.56. The lowest BCUT2D eigenvalue weighted by Gasteiger charge is -2.53. The molecule has 3 atom stereocenters. The predicted molar refractivity (Wildman–Crippen MR) is 163 cm³/mol. The number of rotatable bonds is 7. The van der Waals surface area contributed by atoms with Crippen molar-refractivity contribution in [3.63, 3.8) is 0 Å². The van der Waals surface area contributed by atoms with E-state index in [9.17, 15) is 5.26 Å². The molecule has 0 amide bonds. The van der Waals surface area contributed by atoms with Crippen LogP contribution in [-0.4, -0.2) is 60.2 Å². The van der Waals surface area contributed by atoms with Crippen LogP contribution in [0.4, 0.5) is 5.82 Å². The summed E-state index contributed by atoms with van der Waals surface area (Å²) in [5, 5.41) is 14.0. The Hall–Kier alpha value is -3.18. The molecule has 41 heavy (non-hydrogen) atoms. The third kappa shape index (κ3) is 5.41. The second-order valence-electron chi connectivity index (χ2n) is 11.7. The van der Waals surface area contributed by atoms with Gasteiger partial charge in [0.05, 0.1) is 28.6 Å². The molecule has 0 aliphatic carbocycles. The first kappa shape index (κ1) is 28.0. The van der Waals surface area contributed by atoms with E-state index in [1.165, 1.54) is 24.1 Å².